The van der Waals surface area contributed by atoms with Crippen molar-refractivity contribution in [1.29, 1.82) is 0 Å². The summed E-state index contributed by atoms with van der Waals surface area (Å²) in [5.41, 5.74) is 2.98. The van der Waals surface area contributed by atoms with Crippen LogP contribution in [0.25, 0.3) is 0 Å². The fourth-order valence-corrected chi connectivity index (χ4v) is 3.80. The van der Waals surface area contributed by atoms with Crippen molar-refractivity contribution < 1.29 is 14.3 Å². The van der Waals surface area contributed by atoms with Gasteiger partial charge in [0.05, 0.1) is 24.4 Å². The van der Waals surface area contributed by atoms with Crippen molar-refractivity contribution in [2.45, 2.75) is 39.3 Å². The molecule has 0 spiro atoms. The number of carbonyl (C=O) groups is 2. The molecule has 0 saturated carbocycles. The fraction of sp³-hybridized carbons (Fsp3) is 0.400. The summed E-state index contributed by atoms with van der Waals surface area (Å²) in [6.45, 7) is 5.54. The highest BCUT2D eigenvalue weighted by Gasteiger charge is 2.31. The normalized spacial score (nSPS) is 16.0. The lowest BCUT2D eigenvalue weighted by Crippen LogP contribution is -2.44. The molecule has 1 aromatic heterocycles. The van der Waals surface area contributed by atoms with Crippen LogP contribution in [-0.4, -0.2) is 35.1 Å². The van der Waals surface area contributed by atoms with Gasteiger partial charge in [0, 0.05) is 29.5 Å². The van der Waals surface area contributed by atoms with Crippen molar-refractivity contribution in [3.05, 3.63) is 52.3 Å². The van der Waals surface area contributed by atoms with E-state index in [4.69, 9.17) is 16.3 Å². The smallest absolute Gasteiger partial charge is 0.339 e. The molecule has 0 radical (unpaired) electrons. The number of carbonyl (C=O) groups excluding carboxylic acids is 2. The summed E-state index contributed by atoms with van der Waals surface area (Å²) in [5, 5.41) is 3.29. The summed E-state index contributed by atoms with van der Waals surface area (Å²) in [6, 6.07) is 8.65. The first-order chi connectivity index (χ1) is 13.0. The van der Waals surface area contributed by atoms with Crippen LogP contribution >= 0.6 is 11.6 Å². The van der Waals surface area contributed by atoms with Gasteiger partial charge in [0.25, 0.3) is 0 Å². The molecule has 1 atom stereocenters. The van der Waals surface area contributed by atoms with E-state index in [1.807, 2.05) is 4.90 Å². The largest absolute Gasteiger partial charge is 0.465 e. The number of urea groups is 1. The van der Waals surface area contributed by atoms with Crippen LogP contribution in [0.1, 0.15) is 47.6 Å². The molecule has 0 bridgehead atoms. The first-order valence-corrected chi connectivity index (χ1v) is 9.45. The lowest BCUT2D eigenvalue weighted by molar-refractivity contribution is 0.0602. The highest BCUT2D eigenvalue weighted by Crippen LogP contribution is 2.32. The van der Waals surface area contributed by atoms with Gasteiger partial charge in [0.15, 0.2) is 0 Å². The van der Waals surface area contributed by atoms with Crippen molar-refractivity contribution >= 4 is 29.3 Å². The van der Waals surface area contributed by atoms with E-state index in [-0.39, 0.29) is 17.6 Å². The second-order valence-electron chi connectivity index (χ2n) is 6.66. The van der Waals surface area contributed by atoms with E-state index in [2.05, 4.69) is 35.9 Å². The van der Waals surface area contributed by atoms with Gasteiger partial charge in [-0.1, -0.05) is 24.9 Å². The van der Waals surface area contributed by atoms with Gasteiger partial charge in [-0.2, -0.15) is 0 Å². The molecule has 2 amide bonds. The van der Waals surface area contributed by atoms with Crippen molar-refractivity contribution in [1.82, 2.24) is 9.47 Å². The number of hydrogen-bond acceptors (Lipinski definition) is 3. The van der Waals surface area contributed by atoms with Crippen LogP contribution in [0, 0.1) is 6.92 Å². The summed E-state index contributed by atoms with van der Waals surface area (Å²) >= 11 is 6.06. The molecule has 144 valence electrons. The van der Waals surface area contributed by atoms with E-state index in [1.165, 1.54) is 12.8 Å². The Kier molecular flexibility index (Phi) is 5.75. The Morgan fingerprint density at radius 2 is 2.04 bits per heavy atom. The van der Waals surface area contributed by atoms with Crippen LogP contribution < -0.4 is 5.32 Å². The van der Waals surface area contributed by atoms with Crippen molar-refractivity contribution in [3.8, 4) is 0 Å². The number of amides is 2. The van der Waals surface area contributed by atoms with E-state index >= 15 is 0 Å². The standard InChI is InChI=1S/C20H24ClN3O3/c1-4-5-17-18-9-6-13(2)23(18)10-11-24(17)20(26)22-16-12-14(21)7-8-15(16)19(25)27-3/h6-9,12,17H,4-5,10-11H2,1-3H3,(H,22,26)/t17-/m1/s1. The Hall–Kier alpha value is -2.47. The quantitative estimate of drug-likeness (QED) is 0.775. The number of nitrogens with zero attached hydrogens (tertiary/aromatic N) is 2. The minimum atomic E-state index is -0.518. The topological polar surface area (TPSA) is 63.6 Å². The van der Waals surface area contributed by atoms with Crippen LogP contribution in [0.4, 0.5) is 10.5 Å². The SMILES string of the molecule is CCC[C@@H]1c2ccc(C)n2CCN1C(=O)Nc1cc(Cl)ccc1C(=O)OC. The van der Waals surface area contributed by atoms with Crippen molar-refractivity contribution in [2.24, 2.45) is 0 Å². The van der Waals surface area contributed by atoms with E-state index < -0.39 is 5.97 Å². The number of aryl methyl sites for hydroxylation is 1. The lowest BCUT2D eigenvalue weighted by atomic mass is 10.0. The van der Waals surface area contributed by atoms with E-state index in [0.717, 1.165) is 25.1 Å². The third-order valence-electron chi connectivity index (χ3n) is 4.97. The Morgan fingerprint density at radius 1 is 1.26 bits per heavy atom. The molecule has 1 aliphatic rings. The van der Waals surface area contributed by atoms with Crippen LogP contribution in [0.2, 0.25) is 5.02 Å². The molecule has 27 heavy (non-hydrogen) atoms. The molecule has 7 heteroatoms. The Morgan fingerprint density at radius 3 is 2.74 bits per heavy atom. The van der Waals surface area contributed by atoms with Gasteiger partial charge in [-0.3, -0.25) is 0 Å². The maximum absolute atomic E-state index is 13.1. The molecule has 2 aromatic rings. The van der Waals surface area contributed by atoms with Gasteiger partial charge in [0.1, 0.15) is 0 Å². The van der Waals surface area contributed by atoms with Crippen LogP contribution in [0.3, 0.4) is 0 Å². The average Bonchev–Trinajstić information content (AvgIpc) is 3.03. The van der Waals surface area contributed by atoms with Crippen LogP contribution in [0.15, 0.2) is 30.3 Å². The molecule has 1 aromatic carbocycles. The Bertz CT molecular complexity index is 862. The zero-order valence-corrected chi connectivity index (χ0v) is 16.5. The minimum absolute atomic E-state index is 0.00166. The van der Waals surface area contributed by atoms with Crippen LogP contribution in [0.5, 0.6) is 0 Å². The number of methoxy groups -OCH3 is 1. The van der Waals surface area contributed by atoms with E-state index in [0.29, 0.717) is 17.3 Å². The number of benzene rings is 1. The van der Waals surface area contributed by atoms with Gasteiger partial charge < -0.3 is 19.5 Å². The third-order valence-corrected chi connectivity index (χ3v) is 5.20. The molecule has 6 nitrogen and oxygen atoms in total. The number of anilines is 1. The summed E-state index contributed by atoms with van der Waals surface area (Å²) in [7, 11) is 1.31. The number of rotatable bonds is 4. The lowest BCUT2D eigenvalue weighted by Gasteiger charge is -2.37. The Balaban J connectivity index is 1.88. The molecular formula is C20H24ClN3O3. The van der Waals surface area contributed by atoms with Gasteiger partial charge >= 0.3 is 12.0 Å². The summed E-state index contributed by atoms with van der Waals surface area (Å²) in [5.74, 6) is -0.518. The maximum atomic E-state index is 13.1. The number of ether oxygens (including phenoxy) is 1. The first kappa shape index (κ1) is 19.3. The van der Waals surface area contributed by atoms with Gasteiger partial charge in [-0.15, -0.1) is 0 Å². The number of esters is 1. The molecule has 3 rings (SSSR count). The first-order valence-electron chi connectivity index (χ1n) is 9.07. The second-order valence-corrected chi connectivity index (χ2v) is 7.10. The zero-order chi connectivity index (χ0) is 19.6. The predicted octanol–water partition coefficient (Wildman–Crippen LogP) is 4.63. The van der Waals surface area contributed by atoms with Crippen LogP contribution in [-0.2, 0) is 11.3 Å². The molecule has 1 N–H and O–H groups in total. The van der Waals surface area contributed by atoms with Crippen molar-refractivity contribution in [2.75, 3.05) is 19.0 Å². The van der Waals surface area contributed by atoms with Gasteiger partial charge in [-0.25, -0.2) is 9.59 Å². The van der Waals surface area contributed by atoms with E-state index in [1.54, 1.807) is 18.2 Å². The molecule has 2 heterocycles. The number of aromatic nitrogens is 1. The molecule has 0 aliphatic carbocycles. The predicted molar refractivity (Wildman–Crippen MR) is 105 cm³/mol. The summed E-state index contributed by atoms with van der Waals surface area (Å²) < 4.78 is 7.07. The number of nitrogens with one attached hydrogen (secondary N) is 1. The van der Waals surface area contributed by atoms with E-state index in [9.17, 15) is 9.59 Å². The van der Waals surface area contributed by atoms with Gasteiger partial charge in [-0.05, 0) is 43.7 Å². The summed E-state index contributed by atoms with van der Waals surface area (Å²) in [4.78, 5) is 26.9. The molecule has 0 saturated heterocycles. The van der Waals surface area contributed by atoms with Crippen molar-refractivity contribution in [3.63, 3.8) is 0 Å². The molecule has 1 aliphatic heterocycles. The molecule has 0 unspecified atom stereocenters. The number of hydrogen-bond donors (Lipinski definition) is 1. The van der Waals surface area contributed by atoms with Gasteiger partial charge in [0.2, 0.25) is 0 Å². The average molecular weight is 390 g/mol. The minimum Gasteiger partial charge on any atom is -0.465 e. The Labute approximate surface area is 164 Å². The maximum Gasteiger partial charge on any atom is 0.339 e. The highest BCUT2D eigenvalue weighted by atomic mass is 35.5. The monoisotopic (exact) mass is 389 g/mol. The second kappa shape index (κ2) is 8.05. The fourth-order valence-electron chi connectivity index (χ4n) is 3.62. The molecular weight excluding hydrogens is 366 g/mol. The summed E-state index contributed by atoms with van der Waals surface area (Å²) in [6.07, 6.45) is 1.83. The molecule has 0 fully saturated rings. The third kappa shape index (κ3) is 3.81. The number of halogens is 1. The zero-order valence-electron chi connectivity index (χ0n) is 15.8. The highest BCUT2D eigenvalue weighted by molar-refractivity contribution is 6.31. The number of fused-ring (bicyclic) bond motifs is 1.